The summed E-state index contributed by atoms with van der Waals surface area (Å²) in [6, 6.07) is 9.67. The van der Waals surface area contributed by atoms with Crippen molar-refractivity contribution in [2.24, 2.45) is 24.6 Å². The van der Waals surface area contributed by atoms with Crippen molar-refractivity contribution >= 4 is 5.91 Å². The van der Waals surface area contributed by atoms with E-state index in [-0.39, 0.29) is 17.7 Å². The molecule has 0 spiro atoms. The number of primary amides is 1. The number of carbonyl (C=O) groups excluding carboxylic acids is 1. The van der Waals surface area contributed by atoms with Crippen LogP contribution in [0.3, 0.4) is 0 Å². The van der Waals surface area contributed by atoms with E-state index in [0.717, 1.165) is 24.5 Å². The molecule has 1 amide bonds. The highest BCUT2D eigenvalue weighted by Gasteiger charge is 2.37. The standard InChI is InChI=1S/C18H24N4O2/c1-13-14(8-20-21(13)2)9-22-10-15(17(11-22)18(19)23)12-24-16-6-4-3-5-7-16/h3-8,15,17H,9-12H2,1-2H3,(H2,19,23)/t15-,17+/m0/s1. The van der Waals surface area contributed by atoms with Crippen molar-refractivity contribution in [2.75, 3.05) is 19.7 Å². The SMILES string of the molecule is Cc1c(CN2C[C@@H](COc3ccccc3)[C@H](C(N)=O)C2)cnn1C. The summed E-state index contributed by atoms with van der Waals surface area (Å²) in [5, 5.41) is 4.28. The second kappa shape index (κ2) is 7.05. The van der Waals surface area contributed by atoms with Gasteiger partial charge in [0.05, 0.1) is 18.7 Å². The van der Waals surface area contributed by atoms with E-state index in [4.69, 9.17) is 10.5 Å². The van der Waals surface area contributed by atoms with Gasteiger partial charge in [-0.3, -0.25) is 14.4 Å². The molecule has 0 radical (unpaired) electrons. The molecule has 2 aromatic rings. The fourth-order valence-electron chi connectivity index (χ4n) is 3.24. The van der Waals surface area contributed by atoms with E-state index in [1.807, 2.05) is 48.3 Å². The summed E-state index contributed by atoms with van der Waals surface area (Å²) < 4.78 is 7.71. The molecular formula is C18H24N4O2. The van der Waals surface area contributed by atoms with Crippen molar-refractivity contribution in [1.82, 2.24) is 14.7 Å². The second-order valence-corrected chi connectivity index (χ2v) is 6.47. The number of nitrogens with two attached hydrogens (primary N) is 1. The highest BCUT2D eigenvalue weighted by molar-refractivity contribution is 5.77. The molecule has 24 heavy (non-hydrogen) atoms. The van der Waals surface area contributed by atoms with E-state index >= 15 is 0 Å². The second-order valence-electron chi connectivity index (χ2n) is 6.47. The maximum absolute atomic E-state index is 11.8. The van der Waals surface area contributed by atoms with Crippen molar-refractivity contribution in [3.63, 3.8) is 0 Å². The Morgan fingerprint density at radius 3 is 2.71 bits per heavy atom. The maximum Gasteiger partial charge on any atom is 0.222 e. The third kappa shape index (κ3) is 3.59. The van der Waals surface area contributed by atoms with E-state index in [0.29, 0.717) is 13.2 Å². The largest absolute Gasteiger partial charge is 0.493 e. The molecule has 128 valence electrons. The Morgan fingerprint density at radius 1 is 1.33 bits per heavy atom. The first-order valence-electron chi connectivity index (χ1n) is 8.21. The van der Waals surface area contributed by atoms with Crippen LogP contribution >= 0.6 is 0 Å². The molecule has 2 heterocycles. The van der Waals surface area contributed by atoms with Gasteiger partial charge >= 0.3 is 0 Å². The van der Waals surface area contributed by atoms with Crippen LogP contribution < -0.4 is 10.5 Å². The maximum atomic E-state index is 11.8. The number of aromatic nitrogens is 2. The average Bonchev–Trinajstić information content (AvgIpc) is 3.12. The predicted octanol–water partition coefficient (Wildman–Crippen LogP) is 1.34. The number of hydrogen-bond donors (Lipinski definition) is 1. The first kappa shape index (κ1) is 16.5. The van der Waals surface area contributed by atoms with Crippen molar-refractivity contribution in [3.05, 3.63) is 47.8 Å². The first-order valence-corrected chi connectivity index (χ1v) is 8.21. The number of amides is 1. The Balaban J connectivity index is 1.63. The molecule has 1 saturated heterocycles. The topological polar surface area (TPSA) is 73.4 Å². The predicted molar refractivity (Wildman–Crippen MR) is 91.3 cm³/mol. The Hall–Kier alpha value is -2.34. The van der Waals surface area contributed by atoms with Crippen LogP contribution in [0.5, 0.6) is 5.75 Å². The molecule has 1 aromatic carbocycles. The molecule has 0 unspecified atom stereocenters. The summed E-state index contributed by atoms with van der Waals surface area (Å²) in [5.41, 5.74) is 7.94. The number of benzene rings is 1. The Morgan fingerprint density at radius 2 is 2.08 bits per heavy atom. The van der Waals surface area contributed by atoms with Gasteiger partial charge in [0.2, 0.25) is 5.91 Å². The molecule has 0 aliphatic carbocycles. The van der Waals surface area contributed by atoms with Crippen LogP contribution in [-0.4, -0.2) is 40.3 Å². The van der Waals surface area contributed by atoms with E-state index in [1.165, 1.54) is 5.56 Å². The molecule has 2 atom stereocenters. The van der Waals surface area contributed by atoms with Gasteiger partial charge in [0.1, 0.15) is 5.75 Å². The Labute approximate surface area is 142 Å². The number of likely N-dealkylation sites (tertiary alicyclic amines) is 1. The minimum Gasteiger partial charge on any atom is -0.493 e. The summed E-state index contributed by atoms with van der Waals surface area (Å²) in [5.74, 6) is 0.509. The van der Waals surface area contributed by atoms with Crippen molar-refractivity contribution in [2.45, 2.75) is 13.5 Å². The van der Waals surface area contributed by atoms with Gasteiger partial charge in [0.15, 0.2) is 0 Å². The van der Waals surface area contributed by atoms with E-state index in [2.05, 4.69) is 16.9 Å². The molecule has 1 aliphatic rings. The third-order valence-electron chi connectivity index (χ3n) is 4.82. The van der Waals surface area contributed by atoms with E-state index in [1.54, 1.807) is 0 Å². The molecule has 1 fully saturated rings. The highest BCUT2D eigenvalue weighted by atomic mass is 16.5. The van der Waals surface area contributed by atoms with Crippen molar-refractivity contribution < 1.29 is 9.53 Å². The number of aryl methyl sites for hydroxylation is 1. The minimum absolute atomic E-state index is 0.111. The van der Waals surface area contributed by atoms with Crippen LogP contribution in [-0.2, 0) is 18.4 Å². The number of rotatable bonds is 6. The molecular weight excluding hydrogens is 304 g/mol. The van der Waals surface area contributed by atoms with Gasteiger partial charge in [0, 0.05) is 43.9 Å². The molecule has 1 aromatic heterocycles. The number of hydrogen-bond acceptors (Lipinski definition) is 4. The zero-order valence-electron chi connectivity index (χ0n) is 14.2. The van der Waals surface area contributed by atoms with Crippen LogP contribution in [0.25, 0.3) is 0 Å². The fourth-order valence-corrected chi connectivity index (χ4v) is 3.24. The summed E-state index contributed by atoms with van der Waals surface area (Å²) in [4.78, 5) is 14.1. The molecule has 0 saturated carbocycles. The van der Waals surface area contributed by atoms with Crippen LogP contribution in [0.2, 0.25) is 0 Å². The molecule has 6 nitrogen and oxygen atoms in total. The summed E-state index contributed by atoms with van der Waals surface area (Å²) >= 11 is 0. The van der Waals surface area contributed by atoms with Gasteiger partial charge in [-0.05, 0) is 19.1 Å². The van der Waals surface area contributed by atoms with Gasteiger partial charge < -0.3 is 10.5 Å². The Bertz CT molecular complexity index is 698. The van der Waals surface area contributed by atoms with Gasteiger partial charge in [0.25, 0.3) is 0 Å². The Kier molecular flexibility index (Phi) is 4.85. The van der Waals surface area contributed by atoms with Gasteiger partial charge in [-0.15, -0.1) is 0 Å². The first-order chi connectivity index (χ1) is 11.5. The molecule has 0 bridgehead atoms. The van der Waals surface area contributed by atoms with Gasteiger partial charge in [-0.25, -0.2) is 0 Å². The molecule has 2 N–H and O–H groups in total. The normalized spacial score (nSPS) is 21.1. The van der Waals surface area contributed by atoms with Crippen LogP contribution in [0, 0.1) is 18.8 Å². The average molecular weight is 328 g/mol. The highest BCUT2D eigenvalue weighted by Crippen LogP contribution is 2.26. The number of para-hydroxylation sites is 1. The monoisotopic (exact) mass is 328 g/mol. The van der Waals surface area contributed by atoms with Gasteiger partial charge in [-0.1, -0.05) is 18.2 Å². The van der Waals surface area contributed by atoms with Gasteiger partial charge in [-0.2, -0.15) is 5.10 Å². The fraction of sp³-hybridized carbons (Fsp3) is 0.444. The molecule has 1 aliphatic heterocycles. The quantitative estimate of drug-likeness (QED) is 0.868. The molecule has 3 rings (SSSR count). The summed E-state index contributed by atoms with van der Waals surface area (Å²) in [6.07, 6.45) is 1.89. The number of nitrogens with zero attached hydrogens (tertiary/aromatic N) is 3. The summed E-state index contributed by atoms with van der Waals surface area (Å²) in [7, 11) is 1.94. The van der Waals surface area contributed by atoms with Crippen LogP contribution in [0.15, 0.2) is 36.5 Å². The van der Waals surface area contributed by atoms with Crippen LogP contribution in [0.1, 0.15) is 11.3 Å². The molecule has 6 heteroatoms. The summed E-state index contributed by atoms with van der Waals surface area (Å²) in [6.45, 7) is 4.81. The lowest BCUT2D eigenvalue weighted by Gasteiger charge is -2.16. The minimum atomic E-state index is -0.248. The van der Waals surface area contributed by atoms with E-state index < -0.39 is 0 Å². The smallest absolute Gasteiger partial charge is 0.222 e. The van der Waals surface area contributed by atoms with Crippen LogP contribution in [0.4, 0.5) is 0 Å². The van der Waals surface area contributed by atoms with Crippen molar-refractivity contribution in [1.29, 1.82) is 0 Å². The third-order valence-corrected chi connectivity index (χ3v) is 4.82. The number of carbonyl (C=O) groups is 1. The number of ether oxygens (including phenoxy) is 1. The van der Waals surface area contributed by atoms with Crippen molar-refractivity contribution in [3.8, 4) is 5.75 Å². The zero-order chi connectivity index (χ0) is 17.1. The van der Waals surface area contributed by atoms with E-state index in [9.17, 15) is 4.79 Å². The lowest BCUT2D eigenvalue weighted by Crippen LogP contribution is -2.32. The lowest BCUT2D eigenvalue weighted by atomic mass is 9.96. The zero-order valence-corrected chi connectivity index (χ0v) is 14.2. The lowest BCUT2D eigenvalue weighted by molar-refractivity contribution is -0.122.